The van der Waals surface area contributed by atoms with E-state index in [1.165, 1.54) is 13.8 Å². The number of esters is 2. The molecule has 0 atom stereocenters. The molecular formula is C13H11ClN2O7. The Kier molecular flexibility index (Phi) is 4.15. The third-order valence-electron chi connectivity index (χ3n) is 2.75. The highest BCUT2D eigenvalue weighted by Gasteiger charge is 2.39. The molecule has 122 valence electrons. The summed E-state index contributed by atoms with van der Waals surface area (Å²) in [6.45, 7) is 2.80. The first kappa shape index (κ1) is 16.6. The molecule has 10 heteroatoms. The molecule has 0 amide bonds. The van der Waals surface area contributed by atoms with Crippen molar-refractivity contribution in [3.63, 3.8) is 0 Å². The van der Waals surface area contributed by atoms with E-state index < -0.39 is 39.7 Å². The fourth-order valence-corrected chi connectivity index (χ4v) is 1.97. The van der Waals surface area contributed by atoms with Crippen molar-refractivity contribution in [2.24, 2.45) is 0 Å². The van der Waals surface area contributed by atoms with E-state index in [-0.39, 0.29) is 10.7 Å². The van der Waals surface area contributed by atoms with Gasteiger partial charge in [-0.3, -0.25) is 10.1 Å². The van der Waals surface area contributed by atoms with Crippen LogP contribution in [0.5, 0.6) is 5.75 Å². The third kappa shape index (κ3) is 3.51. The van der Waals surface area contributed by atoms with Crippen LogP contribution >= 0.6 is 11.6 Å². The highest BCUT2D eigenvalue weighted by atomic mass is 35.5. The summed E-state index contributed by atoms with van der Waals surface area (Å²) in [6, 6.07) is 1.92. The molecule has 1 aromatic carbocycles. The number of nitrogens with zero attached hydrogens (tertiary/aromatic N) is 1. The lowest BCUT2D eigenvalue weighted by Gasteiger charge is -2.29. The van der Waals surface area contributed by atoms with Crippen LogP contribution < -0.4 is 5.32 Å². The molecule has 1 heterocycles. The van der Waals surface area contributed by atoms with Crippen molar-refractivity contribution in [1.82, 2.24) is 0 Å². The second kappa shape index (κ2) is 5.76. The molecule has 1 aliphatic rings. The number of nitro benzene ring substituents is 1. The minimum Gasteiger partial charge on any atom is -0.506 e. The fraction of sp³-hybridized carbons (Fsp3) is 0.231. The van der Waals surface area contributed by atoms with E-state index in [1.807, 2.05) is 0 Å². The fourth-order valence-electron chi connectivity index (χ4n) is 1.73. The molecule has 23 heavy (non-hydrogen) atoms. The van der Waals surface area contributed by atoms with Gasteiger partial charge in [-0.2, -0.15) is 0 Å². The van der Waals surface area contributed by atoms with Gasteiger partial charge in [0, 0.05) is 20.0 Å². The van der Waals surface area contributed by atoms with Crippen LogP contribution in [0.4, 0.5) is 11.4 Å². The number of aromatic hydroxyl groups is 1. The largest absolute Gasteiger partial charge is 0.506 e. The van der Waals surface area contributed by atoms with Gasteiger partial charge in [0.2, 0.25) is 0 Å². The molecule has 1 saturated heterocycles. The maximum atomic E-state index is 11.7. The summed E-state index contributed by atoms with van der Waals surface area (Å²) in [5.41, 5.74) is -0.961. The number of nitro groups is 1. The Hall–Kier alpha value is -2.81. The first-order chi connectivity index (χ1) is 10.6. The van der Waals surface area contributed by atoms with E-state index in [9.17, 15) is 24.8 Å². The van der Waals surface area contributed by atoms with E-state index in [0.717, 1.165) is 18.3 Å². The van der Waals surface area contributed by atoms with Crippen LogP contribution in [-0.2, 0) is 19.1 Å². The Bertz CT molecular complexity index is 720. The SMILES string of the molecule is CC1(C)OC(=O)C(=CNc2cc(Cl)c([N+](=O)[O-])cc2O)C(=O)O1. The van der Waals surface area contributed by atoms with Gasteiger partial charge in [0.25, 0.3) is 11.5 Å². The number of halogens is 1. The van der Waals surface area contributed by atoms with Gasteiger partial charge in [-0.1, -0.05) is 11.6 Å². The van der Waals surface area contributed by atoms with Crippen molar-refractivity contribution in [1.29, 1.82) is 0 Å². The molecule has 0 radical (unpaired) electrons. The lowest BCUT2D eigenvalue weighted by molar-refractivity contribution is -0.384. The molecule has 2 rings (SSSR count). The monoisotopic (exact) mass is 342 g/mol. The number of hydrogen-bond acceptors (Lipinski definition) is 8. The Balaban J connectivity index is 2.27. The molecule has 0 spiro atoms. The molecule has 0 unspecified atom stereocenters. The number of anilines is 1. The molecular weight excluding hydrogens is 332 g/mol. The molecule has 1 aliphatic heterocycles. The standard InChI is InChI=1S/C13H11ClN2O7/c1-13(2)22-11(18)6(12(19)23-13)5-15-8-3-7(14)9(16(20)21)4-10(8)17/h3-5,15,17H,1-2H3. The smallest absolute Gasteiger partial charge is 0.350 e. The van der Waals surface area contributed by atoms with Gasteiger partial charge in [-0.05, 0) is 6.07 Å². The summed E-state index contributed by atoms with van der Waals surface area (Å²) in [6.07, 6.45) is 0.955. The van der Waals surface area contributed by atoms with Gasteiger partial charge in [0.15, 0.2) is 5.57 Å². The number of phenols is 1. The van der Waals surface area contributed by atoms with E-state index in [4.69, 9.17) is 21.1 Å². The Morgan fingerprint density at radius 1 is 1.30 bits per heavy atom. The average Bonchev–Trinajstić information content (AvgIpc) is 2.39. The highest BCUT2D eigenvalue weighted by molar-refractivity contribution is 6.33. The van der Waals surface area contributed by atoms with Gasteiger partial charge in [0.1, 0.15) is 10.8 Å². The summed E-state index contributed by atoms with van der Waals surface area (Å²) >= 11 is 5.72. The average molecular weight is 343 g/mol. The van der Waals surface area contributed by atoms with Crippen molar-refractivity contribution in [2.45, 2.75) is 19.6 Å². The summed E-state index contributed by atoms with van der Waals surface area (Å²) in [5, 5.41) is 22.6. The molecule has 2 N–H and O–H groups in total. The molecule has 0 saturated carbocycles. The zero-order chi connectivity index (χ0) is 17.4. The number of cyclic esters (lactones) is 2. The van der Waals surface area contributed by atoms with Gasteiger partial charge < -0.3 is 19.9 Å². The Labute approximate surface area is 134 Å². The zero-order valence-electron chi connectivity index (χ0n) is 12.0. The predicted molar refractivity (Wildman–Crippen MR) is 77.7 cm³/mol. The quantitative estimate of drug-likeness (QED) is 0.213. The van der Waals surface area contributed by atoms with E-state index in [0.29, 0.717) is 0 Å². The topological polar surface area (TPSA) is 128 Å². The van der Waals surface area contributed by atoms with Crippen LogP contribution in [0.1, 0.15) is 13.8 Å². The Morgan fingerprint density at radius 2 is 1.87 bits per heavy atom. The van der Waals surface area contributed by atoms with Gasteiger partial charge in [-0.15, -0.1) is 0 Å². The number of carbonyl (C=O) groups is 2. The number of hydrogen-bond donors (Lipinski definition) is 2. The highest BCUT2D eigenvalue weighted by Crippen LogP contribution is 2.35. The Morgan fingerprint density at radius 3 is 2.39 bits per heavy atom. The summed E-state index contributed by atoms with van der Waals surface area (Å²) < 4.78 is 9.76. The van der Waals surface area contributed by atoms with Crippen LogP contribution in [0.2, 0.25) is 5.02 Å². The predicted octanol–water partition coefficient (Wildman–Crippen LogP) is 2.09. The molecule has 0 bridgehead atoms. The number of carbonyl (C=O) groups excluding carboxylic acids is 2. The molecule has 0 aliphatic carbocycles. The van der Waals surface area contributed by atoms with Crippen molar-refractivity contribution in [2.75, 3.05) is 5.32 Å². The maximum Gasteiger partial charge on any atom is 0.350 e. The van der Waals surface area contributed by atoms with Gasteiger partial charge in [-0.25, -0.2) is 9.59 Å². The minimum atomic E-state index is -1.37. The third-order valence-corrected chi connectivity index (χ3v) is 3.05. The normalized spacial score (nSPS) is 16.4. The van der Waals surface area contributed by atoms with Crippen LogP contribution in [0.15, 0.2) is 23.9 Å². The molecule has 0 aromatic heterocycles. The molecule has 1 aromatic rings. The van der Waals surface area contributed by atoms with E-state index in [1.54, 1.807) is 0 Å². The summed E-state index contributed by atoms with van der Waals surface area (Å²) in [7, 11) is 0. The first-order valence-electron chi connectivity index (χ1n) is 6.21. The minimum absolute atomic E-state index is 0.0430. The molecule has 9 nitrogen and oxygen atoms in total. The van der Waals surface area contributed by atoms with Crippen LogP contribution in [0.3, 0.4) is 0 Å². The van der Waals surface area contributed by atoms with Crippen LogP contribution in [-0.4, -0.2) is 27.8 Å². The van der Waals surface area contributed by atoms with Crippen molar-refractivity contribution in [3.05, 3.63) is 39.0 Å². The van der Waals surface area contributed by atoms with E-state index >= 15 is 0 Å². The van der Waals surface area contributed by atoms with Gasteiger partial charge >= 0.3 is 11.9 Å². The first-order valence-corrected chi connectivity index (χ1v) is 6.59. The number of ether oxygens (including phenoxy) is 2. The number of benzene rings is 1. The lowest BCUT2D eigenvalue weighted by Crippen LogP contribution is -2.42. The number of rotatable bonds is 3. The molecule has 1 fully saturated rings. The second-order valence-corrected chi connectivity index (χ2v) is 5.37. The summed E-state index contributed by atoms with van der Waals surface area (Å²) in [4.78, 5) is 33.4. The van der Waals surface area contributed by atoms with Crippen LogP contribution in [0.25, 0.3) is 0 Å². The zero-order valence-corrected chi connectivity index (χ0v) is 12.7. The van der Waals surface area contributed by atoms with Crippen molar-refractivity contribution in [3.8, 4) is 5.75 Å². The number of nitrogens with one attached hydrogen (secondary N) is 1. The number of phenolic OH excluding ortho intramolecular Hbond substituents is 1. The maximum absolute atomic E-state index is 11.7. The van der Waals surface area contributed by atoms with Crippen LogP contribution in [0, 0.1) is 10.1 Å². The van der Waals surface area contributed by atoms with Crippen molar-refractivity contribution < 1.29 is 29.1 Å². The van der Waals surface area contributed by atoms with E-state index in [2.05, 4.69) is 5.32 Å². The van der Waals surface area contributed by atoms with Crippen molar-refractivity contribution >= 4 is 34.9 Å². The lowest BCUT2D eigenvalue weighted by atomic mass is 10.2. The van der Waals surface area contributed by atoms with Gasteiger partial charge in [0.05, 0.1) is 16.7 Å². The summed E-state index contributed by atoms with van der Waals surface area (Å²) in [5.74, 6) is -3.68. The second-order valence-electron chi connectivity index (χ2n) is 4.96.